The van der Waals surface area contributed by atoms with E-state index in [1.807, 2.05) is 12.1 Å². The lowest BCUT2D eigenvalue weighted by molar-refractivity contribution is 0.371. The number of piperazine rings is 1. The van der Waals surface area contributed by atoms with E-state index >= 15 is 0 Å². The molecule has 0 radical (unpaired) electrons. The minimum Gasteiger partial charge on any atom is -0.497 e. The number of methoxy groups -OCH3 is 1. The molecule has 0 saturated carbocycles. The van der Waals surface area contributed by atoms with Crippen LogP contribution in [0.1, 0.15) is 13.3 Å². The Balaban J connectivity index is 1.57. The maximum Gasteiger partial charge on any atom is 0.194 e. The number of anilines is 1. The van der Waals surface area contributed by atoms with Crippen molar-refractivity contribution < 1.29 is 13.2 Å². The SMILES string of the molecule is CCNC(=NCC1CCS(=O)(=O)C1)N1CCN(c2ccc(OC)cc2)CC1. The van der Waals surface area contributed by atoms with E-state index < -0.39 is 9.84 Å². The van der Waals surface area contributed by atoms with E-state index in [2.05, 4.69) is 34.2 Å². The summed E-state index contributed by atoms with van der Waals surface area (Å²) in [6, 6.07) is 8.16. The number of benzene rings is 1. The first-order chi connectivity index (χ1) is 13.0. The zero-order valence-corrected chi connectivity index (χ0v) is 17.0. The Kier molecular flexibility index (Phi) is 6.46. The highest BCUT2D eigenvalue weighted by Gasteiger charge is 2.28. The fourth-order valence-corrected chi connectivity index (χ4v) is 5.48. The third kappa shape index (κ3) is 5.28. The fraction of sp³-hybridized carbons (Fsp3) is 0.632. The van der Waals surface area contributed by atoms with Gasteiger partial charge >= 0.3 is 0 Å². The predicted octanol–water partition coefficient (Wildman–Crippen LogP) is 1.22. The number of ether oxygens (including phenoxy) is 1. The van der Waals surface area contributed by atoms with Gasteiger partial charge in [0.25, 0.3) is 0 Å². The highest BCUT2D eigenvalue weighted by molar-refractivity contribution is 7.91. The molecule has 0 bridgehead atoms. The van der Waals surface area contributed by atoms with Gasteiger partial charge in [-0.1, -0.05) is 0 Å². The number of nitrogens with one attached hydrogen (secondary N) is 1. The molecule has 8 heteroatoms. The van der Waals surface area contributed by atoms with Crippen LogP contribution in [0.2, 0.25) is 0 Å². The molecule has 0 amide bonds. The van der Waals surface area contributed by atoms with Gasteiger partial charge < -0.3 is 19.9 Å². The first kappa shape index (κ1) is 19.8. The van der Waals surface area contributed by atoms with E-state index in [1.54, 1.807) is 7.11 Å². The van der Waals surface area contributed by atoms with E-state index in [1.165, 1.54) is 5.69 Å². The molecule has 150 valence electrons. The highest BCUT2D eigenvalue weighted by Crippen LogP contribution is 2.21. The quantitative estimate of drug-likeness (QED) is 0.598. The van der Waals surface area contributed by atoms with Crippen molar-refractivity contribution in [1.82, 2.24) is 10.2 Å². The molecule has 3 rings (SSSR count). The van der Waals surface area contributed by atoms with E-state index in [4.69, 9.17) is 9.73 Å². The Bertz CT molecular complexity index is 741. The molecular formula is C19H30N4O3S. The van der Waals surface area contributed by atoms with Gasteiger partial charge in [-0.05, 0) is 43.5 Å². The van der Waals surface area contributed by atoms with Crippen LogP contribution in [-0.2, 0) is 9.84 Å². The van der Waals surface area contributed by atoms with Crippen LogP contribution in [0.5, 0.6) is 5.75 Å². The smallest absolute Gasteiger partial charge is 0.194 e. The summed E-state index contributed by atoms with van der Waals surface area (Å²) in [7, 11) is -1.17. The summed E-state index contributed by atoms with van der Waals surface area (Å²) >= 11 is 0. The van der Waals surface area contributed by atoms with Gasteiger partial charge in [0, 0.05) is 45.0 Å². The van der Waals surface area contributed by atoms with Crippen molar-refractivity contribution in [2.24, 2.45) is 10.9 Å². The monoisotopic (exact) mass is 394 g/mol. The lowest BCUT2D eigenvalue weighted by atomic mass is 10.1. The predicted molar refractivity (Wildman–Crippen MR) is 110 cm³/mol. The molecule has 1 aromatic rings. The van der Waals surface area contributed by atoms with E-state index in [-0.39, 0.29) is 11.7 Å². The second kappa shape index (κ2) is 8.82. The van der Waals surface area contributed by atoms with Crippen LogP contribution in [0.25, 0.3) is 0 Å². The largest absolute Gasteiger partial charge is 0.497 e. The summed E-state index contributed by atoms with van der Waals surface area (Å²) in [5.74, 6) is 2.51. The summed E-state index contributed by atoms with van der Waals surface area (Å²) in [6.45, 7) is 7.08. The van der Waals surface area contributed by atoms with Crippen LogP contribution in [0.4, 0.5) is 5.69 Å². The minimum atomic E-state index is -2.84. The average Bonchev–Trinajstić information content (AvgIpc) is 3.04. The molecule has 27 heavy (non-hydrogen) atoms. The van der Waals surface area contributed by atoms with Crippen molar-refractivity contribution in [3.63, 3.8) is 0 Å². The standard InChI is InChI=1S/C19H30N4O3S/c1-3-20-19(21-14-16-8-13-27(24,25)15-16)23-11-9-22(10-12-23)17-4-6-18(26-2)7-5-17/h4-7,16H,3,8-15H2,1-2H3,(H,20,21). The Morgan fingerprint density at radius 1 is 1.22 bits per heavy atom. The number of rotatable bonds is 5. The van der Waals surface area contributed by atoms with Crippen molar-refractivity contribution in [3.05, 3.63) is 24.3 Å². The number of guanidine groups is 1. The van der Waals surface area contributed by atoms with Crippen LogP contribution in [0.15, 0.2) is 29.3 Å². The average molecular weight is 395 g/mol. The second-order valence-electron chi connectivity index (χ2n) is 7.14. The number of nitrogens with zero attached hydrogens (tertiary/aromatic N) is 3. The zero-order chi connectivity index (χ0) is 19.3. The van der Waals surface area contributed by atoms with Crippen LogP contribution < -0.4 is 15.0 Å². The molecule has 1 N–H and O–H groups in total. The second-order valence-corrected chi connectivity index (χ2v) is 9.36. The maximum atomic E-state index is 11.6. The number of hydrogen-bond donors (Lipinski definition) is 1. The fourth-order valence-electron chi connectivity index (χ4n) is 3.63. The van der Waals surface area contributed by atoms with Gasteiger partial charge in [0.2, 0.25) is 0 Å². The molecule has 2 fully saturated rings. The van der Waals surface area contributed by atoms with Crippen molar-refractivity contribution >= 4 is 21.5 Å². The molecule has 0 aromatic heterocycles. The topological polar surface area (TPSA) is 74.2 Å². The summed E-state index contributed by atoms with van der Waals surface area (Å²) < 4.78 is 28.5. The molecule has 7 nitrogen and oxygen atoms in total. The Morgan fingerprint density at radius 3 is 2.48 bits per heavy atom. The summed E-state index contributed by atoms with van der Waals surface area (Å²) in [4.78, 5) is 9.37. The van der Waals surface area contributed by atoms with E-state index in [9.17, 15) is 8.42 Å². The number of sulfone groups is 1. The van der Waals surface area contributed by atoms with Gasteiger partial charge in [-0.25, -0.2) is 8.42 Å². The summed E-state index contributed by atoms with van der Waals surface area (Å²) in [5, 5.41) is 3.36. The highest BCUT2D eigenvalue weighted by atomic mass is 32.2. The van der Waals surface area contributed by atoms with Crippen molar-refractivity contribution in [2.75, 3.05) is 62.8 Å². The van der Waals surface area contributed by atoms with Gasteiger partial charge in [0.15, 0.2) is 15.8 Å². The molecule has 2 aliphatic rings. The van der Waals surface area contributed by atoms with Gasteiger partial charge in [0.05, 0.1) is 18.6 Å². The zero-order valence-electron chi connectivity index (χ0n) is 16.2. The summed E-state index contributed by atoms with van der Waals surface area (Å²) in [6.07, 6.45) is 0.733. The van der Waals surface area contributed by atoms with Crippen molar-refractivity contribution in [1.29, 1.82) is 0 Å². The van der Waals surface area contributed by atoms with Gasteiger partial charge in [-0.3, -0.25) is 4.99 Å². The molecule has 2 heterocycles. The van der Waals surface area contributed by atoms with Gasteiger partial charge in [-0.15, -0.1) is 0 Å². The molecule has 2 saturated heterocycles. The molecular weight excluding hydrogens is 364 g/mol. The molecule has 1 unspecified atom stereocenters. The first-order valence-corrected chi connectivity index (χ1v) is 11.5. The minimum absolute atomic E-state index is 0.157. The first-order valence-electron chi connectivity index (χ1n) is 9.63. The molecule has 0 aliphatic carbocycles. The van der Waals surface area contributed by atoms with E-state index in [0.717, 1.165) is 50.9 Å². The number of aliphatic imine (C=N–C) groups is 1. The lowest BCUT2D eigenvalue weighted by Crippen LogP contribution is -2.52. The van der Waals surface area contributed by atoms with Gasteiger partial charge in [-0.2, -0.15) is 0 Å². The van der Waals surface area contributed by atoms with Crippen LogP contribution in [0.3, 0.4) is 0 Å². The van der Waals surface area contributed by atoms with Crippen molar-refractivity contribution in [3.8, 4) is 5.75 Å². The van der Waals surface area contributed by atoms with Crippen LogP contribution in [-0.4, -0.2) is 77.2 Å². The normalized spacial score (nSPS) is 22.7. The summed E-state index contributed by atoms with van der Waals surface area (Å²) in [5.41, 5.74) is 1.20. The Morgan fingerprint density at radius 2 is 1.93 bits per heavy atom. The van der Waals surface area contributed by atoms with Crippen LogP contribution in [0, 0.1) is 5.92 Å². The Labute approximate surface area is 162 Å². The molecule has 1 atom stereocenters. The lowest BCUT2D eigenvalue weighted by Gasteiger charge is -2.37. The maximum absolute atomic E-state index is 11.6. The third-order valence-corrected chi connectivity index (χ3v) is 7.01. The third-order valence-electron chi connectivity index (χ3n) is 5.18. The Hall–Kier alpha value is -1.96. The van der Waals surface area contributed by atoms with Crippen LogP contribution >= 0.6 is 0 Å². The number of hydrogen-bond acceptors (Lipinski definition) is 5. The van der Waals surface area contributed by atoms with E-state index in [0.29, 0.717) is 12.3 Å². The molecule has 1 aromatic carbocycles. The van der Waals surface area contributed by atoms with Gasteiger partial charge in [0.1, 0.15) is 5.75 Å². The molecule has 2 aliphatic heterocycles. The molecule has 0 spiro atoms. The van der Waals surface area contributed by atoms with Crippen molar-refractivity contribution in [2.45, 2.75) is 13.3 Å².